The quantitative estimate of drug-likeness (QED) is 0.755. The summed E-state index contributed by atoms with van der Waals surface area (Å²) < 4.78 is 5.87. The zero-order chi connectivity index (χ0) is 11.7. The molecule has 0 amide bonds. The summed E-state index contributed by atoms with van der Waals surface area (Å²) in [4.78, 5) is 0. The van der Waals surface area contributed by atoms with Crippen LogP contribution in [0.15, 0.2) is 34.7 Å². The summed E-state index contributed by atoms with van der Waals surface area (Å²) in [6, 6.07) is 10.1. The van der Waals surface area contributed by atoms with E-state index in [4.69, 9.17) is 4.42 Å². The number of para-hydroxylation sites is 1. The molecule has 0 aliphatic heterocycles. The summed E-state index contributed by atoms with van der Waals surface area (Å²) in [6.07, 6.45) is 5.27. The van der Waals surface area contributed by atoms with Gasteiger partial charge in [0.25, 0.3) is 0 Å². The first-order valence-electron chi connectivity index (χ1n) is 6.51. The predicted molar refractivity (Wildman–Crippen MR) is 68.0 cm³/mol. The van der Waals surface area contributed by atoms with Crippen molar-refractivity contribution < 1.29 is 9.52 Å². The van der Waals surface area contributed by atoms with E-state index in [0.29, 0.717) is 0 Å². The van der Waals surface area contributed by atoms with E-state index in [1.54, 1.807) is 0 Å². The van der Waals surface area contributed by atoms with Crippen molar-refractivity contribution in [3.05, 3.63) is 36.1 Å². The highest BCUT2D eigenvalue weighted by atomic mass is 16.3. The van der Waals surface area contributed by atoms with Crippen LogP contribution in [-0.2, 0) is 0 Å². The summed E-state index contributed by atoms with van der Waals surface area (Å²) in [6.45, 7) is 0. The summed E-state index contributed by atoms with van der Waals surface area (Å²) in [5, 5.41) is 11.3. The Labute approximate surface area is 101 Å². The molecule has 2 unspecified atom stereocenters. The van der Waals surface area contributed by atoms with Gasteiger partial charge in [-0.05, 0) is 25.0 Å². The lowest BCUT2D eigenvalue weighted by molar-refractivity contribution is 0.126. The monoisotopic (exact) mass is 230 g/mol. The van der Waals surface area contributed by atoms with Gasteiger partial charge in [-0.25, -0.2) is 0 Å². The number of benzene rings is 1. The Hall–Kier alpha value is -1.28. The predicted octanol–water partition coefficient (Wildman–Crippen LogP) is 3.84. The molecular formula is C15H18O2. The molecule has 2 aromatic rings. The van der Waals surface area contributed by atoms with Gasteiger partial charge in [-0.15, -0.1) is 0 Å². The molecule has 1 aliphatic carbocycles. The van der Waals surface area contributed by atoms with Crippen LogP contribution in [0.1, 0.15) is 43.8 Å². The molecule has 17 heavy (non-hydrogen) atoms. The van der Waals surface area contributed by atoms with Gasteiger partial charge in [-0.2, -0.15) is 0 Å². The summed E-state index contributed by atoms with van der Waals surface area (Å²) in [5.74, 6) is 1.14. The minimum Gasteiger partial charge on any atom is -0.461 e. The van der Waals surface area contributed by atoms with E-state index >= 15 is 0 Å². The van der Waals surface area contributed by atoms with Gasteiger partial charge in [0.2, 0.25) is 0 Å². The molecule has 0 spiro atoms. The first-order valence-corrected chi connectivity index (χ1v) is 6.51. The lowest BCUT2D eigenvalue weighted by Crippen LogP contribution is -2.16. The van der Waals surface area contributed by atoms with E-state index in [0.717, 1.165) is 36.0 Å². The molecule has 1 aliphatic rings. The van der Waals surface area contributed by atoms with Gasteiger partial charge in [0.05, 0.1) is 6.10 Å². The fourth-order valence-corrected chi connectivity index (χ4v) is 2.81. The van der Waals surface area contributed by atoms with Crippen LogP contribution in [0.4, 0.5) is 0 Å². The molecular weight excluding hydrogens is 212 g/mol. The zero-order valence-corrected chi connectivity index (χ0v) is 9.93. The van der Waals surface area contributed by atoms with Gasteiger partial charge in [0, 0.05) is 11.3 Å². The van der Waals surface area contributed by atoms with Crippen molar-refractivity contribution in [1.29, 1.82) is 0 Å². The molecule has 0 radical (unpaired) electrons. The van der Waals surface area contributed by atoms with Gasteiger partial charge >= 0.3 is 0 Å². The minimum atomic E-state index is -0.238. The van der Waals surface area contributed by atoms with Gasteiger partial charge < -0.3 is 9.52 Å². The third-order valence-corrected chi connectivity index (χ3v) is 3.79. The highest BCUT2D eigenvalue weighted by Gasteiger charge is 2.26. The Bertz CT molecular complexity index is 467. The zero-order valence-electron chi connectivity index (χ0n) is 9.93. The van der Waals surface area contributed by atoms with Crippen molar-refractivity contribution in [2.75, 3.05) is 0 Å². The molecule has 1 N–H and O–H groups in total. The molecule has 1 fully saturated rings. The van der Waals surface area contributed by atoms with E-state index in [2.05, 4.69) is 12.1 Å². The maximum absolute atomic E-state index is 10.2. The van der Waals surface area contributed by atoms with E-state index in [9.17, 15) is 5.11 Å². The Kier molecular flexibility index (Phi) is 2.89. The molecule has 3 rings (SSSR count). The lowest BCUT2D eigenvalue weighted by atomic mass is 9.94. The topological polar surface area (TPSA) is 33.4 Å². The van der Waals surface area contributed by atoms with Crippen LogP contribution in [0.5, 0.6) is 0 Å². The van der Waals surface area contributed by atoms with Crippen molar-refractivity contribution in [3.8, 4) is 0 Å². The molecule has 2 nitrogen and oxygen atoms in total. The normalized spacial score (nSPS) is 25.9. The highest BCUT2D eigenvalue weighted by Crippen LogP contribution is 2.34. The van der Waals surface area contributed by atoms with E-state index in [-0.39, 0.29) is 12.0 Å². The van der Waals surface area contributed by atoms with E-state index in [1.807, 2.05) is 18.2 Å². The van der Waals surface area contributed by atoms with Gasteiger partial charge in [-0.1, -0.05) is 37.5 Å². The number of hydrogen-bond acceptors (Lipinski definition) is 2. The second-order valence-corrected chi connectivity index (χ2v) is 5.00. The molecule has 2 heteroatoms. The van der Waals surface area contributed by atoms with Crippen molar-refractivity contribution in [3.63, 3.8) is 0 Å². The van der Waals surface area contributed by atoms with Crippen molar-refractivity contribution >= 4 is 11.0 Å². The van der Waals surface area contributed by atoms with Crippen molar-refractivity contribution in [2.45, 2.75) is 44.1 Å². The maximum Gasteiger partial charge on any atom is 0.134 e. The molecule has 1 aromatic carbocycles. The fraction of sp³-hybridized carbons (Fsp3) is 0.467. The number of fused-ring (bicyclic) bond motifs is 1. The number of rotatable bonds is 1. The van der Waals surface area contributed by atoms with Gasteiger partial charge in [0.15, 0.2) is 0 Å². The molecule has 2 atom stereocenters. The van der Waals surface area contributed by atoms with Crippen LogP contribution < -0.4 is 0 Å². The van der Waals surface area contributed by atoms with Crippen LogP contribution in [0.2, 0.25) is 0 Å². The summed E-state index contributed by atoms with van der Waals surface area (Å²) in [7, 11) is 0. The van der Waals surface area contributed by atoms with E-state index < -0.39 is 0 Å². The Morgan fingerprint density at radius 3 is 2.76 bits per heavy atom. The summed E-state index contributed by atoms with van der Waals surface area (Å²) in [5.41, 5.74) is 0.930. The summed E-state index contributed by atoms with van der Waals surface area (Å²) >= 11 is 0. The number of hydrogen-bond donors (Lipinski definition) is 1. The van der Waals surface area contributed by atoms with Crippen LogP contribution in [0.25, 0.3) is 11.0 Å². The highest BCUT2D eigenvalue weighted by molar-refractivity contribution is 5.77. The number of furan rings is 1. The maximum atomic E-state index is 10.2. The van der Waals surface area contributed by atoms with Crippen LogP contribution in [0.3, 0.4) is 0 Å². The largest absolute Gasteiger partial charge is 0.461 e. The third-order valence-electron chi connectivity index (χ3n) is 3.79. The van der Waals surface area contributed by atoms with E-state index in [1.165, 1.54) is 12.8 Å². The molecule has 0 bridgehead atoms. The first kappa shape index (κ1) is 10.8. The minimum absolute atomic E-state index is 0.185. The number of aliphatic hydroxyl groups is 1. The van der Waals surface area contributed by atoms with Crippen LogP contribution in [0, 0.1) is 0 Å². The second kappa shape index (κ2) is 4.53. The molecule has 1 heterocycles. The molecule has 0 saturated heterocycles. The average molecular weight is 230 g/mol. The Morgan fingerprint density at radius 2 is 1.88 bits per heavy atom. The smallest absolute Gasteiger partial charge is 0.134 e. The van der Waals surface area contributed by atoms with Crippen molar-refractivity contribution in [1.82, 2.24) is 0 Å². The molecule has 90 valence electrons. The SMILES string of the molecule is OC1CCCCCC1c1cc2ccccc2o1. The van der Waals surface area contributed by atoms with Gasteiger partial charge in [-0.3, -0.25) is 0 Å². The van der Waals surface area contributed by atoms with Gasteiger partial charge in [0.1, 0.15) is 11.3 Å². The molecule has 1 aromatic heterocycles. The van der Waals surface area contributed by atoms with Crippen molar-refractivity contribution in [2.24, 2.45) is 0 Å². The van der Waals surface area contributed by atoms with Crippen LogP contribution >= 0.6 is 0 Å². The fourth-order valence-electron chi connectivity index (χ4n) is 2.81. The lowest BCUT2D eigenvalue weighted by Gasteiger charge is -2.17. The number of aliphatic hydroxyl groups excluding tert-OH is 1. The third kappa shape index (κ3) is 2.09. The second-order valence-electron chi connectivity index (χ2n) is 5.00. The molecule has 1 saturated carbocycles. The Balaban J connectivity index is 1.95. The average Bonchev–Trinajstić information content (AvgIpc) is 2.65. The Morgan fingerprint density at radius 1 is 1.06 bits per heavy atom. The van der Waals surface area contributed by atoms with Crippen LogP contribution in [-0.4, -0.2) is 11.2 Å². The first-order chi connectivity index (χ1) is 8.34. The standard InChI is InChI=1S/C15H18O2/c16-13-8-3-1-2-7-12(13)15-10-11-6-4-5-9-14(11)17-15/h4-6,9-10,12-13,16H,1-3,7-8H2.